The van der Waals surface area contributed by atoms with E-state index in [2.05, 4.69) is 41.8 Å². The quantitative estimate of drug-likeness (QED) is 0.925. The van der Waals surface area contributed by atoms with Crippen LogP contribution in [0.3, 0.4) is 0 Å². The molecule has 3 nitrogen and oxygen atoms in total. The van der Waals surface area contributed by atoms with Gasteiger partial charge in [0.1, 0.15) is 0 Å². The van der Waals surface area contributed by atoms with Crippen molar-refractivity contribution in [1.29, 1.82) is 0 Å². The van der Waals surface area contributed by atoms with E-state index in [1.165, 1.54) is 5.69 Å². The van der Waals surface area contributed by atoms with Crippen molar-refractivity contribution in [2.24, 2.45) is 24.1 Å². The van der Waals surface area contributed by atoms with Gasteiger partial charge in [-0.25, -0.2) is 0 Å². The van der Waals surface area contributed by atoms with Gasteiger partial charge in [0.25, 0.3) is 0 Å². The number of nitrogens with zero attached hydrogens (tertiary/aromatic N) is 2. The Morgan fingerprint density at radius 1 is 1.50 bits per heavy atom. The summed E-state index contributed by atoms with van der Waals surface area (Å²) in [4.78, 5) is 0. The smallest absolute Gasteiger partial charge is 0.0738 e. The third-order valence-electron chi connectivity index (χ3n) is 3.69. The molecule has 0 bridgehead atoms. The van der Waals surface area contributed by atoms with Crippen molar-refractivity contribution in [1.82, 2.24) is 9.78 Å². The minimum Gasteiger partial charge on any atom is -0.330 e. The standard InChI is InChI=1S/C12H22BrN3/c1-8(2)12(4,7-14)6-10-11(13)9(3)15-16(10)5/h8H,6-7,14H2,1-5H3. The van der Waals surface area contributed by atoms with Crippen LogP contribution in [-0.2, 0) is 13.5 Å². The fourth-order valence-electron chi connectivity index (χ4n) is 1.77. The molecule has 0 amide bonds. The van der Waals surface area contributed by atoms with Crippen molar-refractivity contribution < 1.29 is 0 Å². The molecule has 1 heterocycles. The van der Waals surface area contributed by atoms with Crippen LogP contribution in [0, 0.1) is 18.3 Å². The Kier molecular flexibility index (Phi) is 4.18. The molecule has 1 unspecified atom stereocenters. The van der Waals surface area contributed by atoms with E-state index < -0.39 is 0 Å². The van der Waals surface area contributed by atoms with Crippen molar-refractivity contribution in [3.8, 4) is 0 Å². The average Bonchev–Trinajstić information content (AvgIpc) is 2.44. The predicted molar refractivity (Wildman–Crippen MR) is 71.3 cm³/mol. The number of halogens is 1. The fourth-order valence-corrected chi connectivity index (χ4v) is 2.24. The average molecular weight is 288 g/mol. The largest absolute Gasteiger partial charge is 0.330 e. The van der Waals surface area contributed by atoms with E-state index in [1.807, 2.05) is 18.7 Å². The number of aromatic nitrogens is 2. The molecular formula is C12H22BrN3. The highest BCUT2D eigenvalue weighted by molar-refractivity contribution is 9.10. The maximum absolute atomic E-state index is 5.92. The van der Waals surface area contributed by atoms with Gasteiger partial charge in [-0.1, -0.05) is 20.8 Å². The summed E-state index contributed by atoms with van der Waals surface area (Å²) in [6.45, 7) is 9.41. The number of hydrogen-bond donors (Lipinski definition) is 1. The van der Waals surface area contributed by atoms with E-state index in [-0.39, 0.29) is 5.41 Å². The zero-order chi connectivity index (χ0) is 12.5. The summed E-state index contributed by atoms with van der Waals surface area (Å²) in [6.07, 6.45) is 0.957. The lowest BCUT2D eigenvalue weighted by Crippen LogP contribution is -2.35. The first-order valence-corrected chi connectivity index (χ1v) is 6.49. The molecule has 0 aliphatic carbocycles. The molecule has 1 aromatic rings. The van der Waals surface area contributed by atoms with E-state index in [4.69, 9.17) is 5.73 Å². The van der Waals surface area contributed by atoms with Gasteiger partial charge in [0.15, 0.2) is 0 Å². The van der Waals surface area contributed by atoms with E-state index in [0.717, 1.165) is 16.6 Å². The second kappa shape index (κ2) is 4.88. The molecule has 0 fully saturated rings. The molecule has 1 rings (SSSR count). The third kappa shape index (κ3) is 2.48. The molecule has 0 aromatic carbocycles. The predicted octanol–water partition coefficient (Wildman–Crippen LogP) is 2.65. The first kappa shape index (κ1) is 13.7. The van der Waals surface area contributed by atoms with E-state index >= 15 is 0 Å². The molecule has 2 N–H and O–H groups in total. The van der Waals surface area contributed by atoms with Crippen LogP contribution in [0.1, 0.15) is 32.2 Å². The van der Waals surface area contributed by atoms with Crippen LogP contribution in [0.25, 0.3) is 0 Å². The molecule has 0 aliphatic heterocycles. The lowest BCUT2D eigenvalue weighted by atomic mass is 9.75. The van der Waals surface area contributed by atoms with Crippen LogP contribution in [0.5, 0.6) is 0 Å². The molecule has 92 valence electrons. The Bertz CT molecular complexity index is 371. The van der Waals surface area contributed by atoms with Gasteiger partial charge in [0.05, 0.1) is 15.9 Å². The highest BCUT2D eigenvalue weighted by Crippen LogP contribution is 2.33. The minimum atomic E-state index is 0.128. The van der Waals surface area contributed by atoms with Crippen molar-refractivity contribution in [3.63, 3.8) is 0 Å². The van der Waals surface area contributed by atoms with Gasteiger partial charge >= 0.3 is 0 Å². The van der Waals surface area contributed by atoms with Crippen molar-refractivity contribution in [2.75, 3.05) is 6.54 Å². The highest BCUT2D eigenvalue weighted by Gasteiger charge is 2.29. The Balaban J connectivity index is 3.03. The summed E-state index contributed by atoms with van der Waals surface area (Å²) in [5.74, 6) is 0.555. The normalized spacial score (nSPS) is 15.5. The Labute approximate surface area is 107 Å². The summed E-state index contributed by atoms with van der Waals surface area (Å²) < 4.78 is 3.07. The number of hydrogen-bond acceptors (Lipinski definition) is 2. The van der Waals surface area contributed by atoms with Gasteiger partial charge in [0.2, 0.25) is 0 Å². The molecule has 0 spiro atoms. The Morgan fingerprint density at radius 2 is 2.06 bits per heavy atom. The van der Waals surface area contributed by atoms with E-state index in [0.29, 0.717) is 12.5 Å². The van der Waals surface area contributed by atoms with Crippen LogP contribution in [-0.4, -0.2) is 16.3 Å². The molecule has 0 aliphatic rings. The zero-order valence-corrected chi connectivity index (χ0v) is 12.4. The Hall–Kier alpha value is -0.350. The van der Waals surface area contributed by atoms with E-state index in [9.17, 15) is 0 Å². The molecule has 16 heavy (non-hydrogen) atoms. The van der Waals surface area contributed by atoms with Gasteiger partial charge in [-0.3, -0.25) is 4.68 Å². The van der Waals surface area contributed by atoms with Gasteiger partial charge < -0.3 is 5.73 Å². The first-order chi connectivity index (χ1) is 7.31. The number of nitrogens with two attached hydrogens (primary N) is 1. The van der Waals surface area contributed by atoms with Gasteiger partial charge in [-0.2, -0.15) is 5.10 Å². The van der Waals surface area contributed by atoms with Crippen LogP contribution in [0.2, 0.25) is 0 Å². The monoisotopic (exact) mass is 287 g/mol. The maximum atomic E-state index is 5.92. The second-order valence-electron chi connectivity index (χ2n) is 5.16. The van der Waals surface area contributed by atoms with Crippen LogP contribution in [0.4, 0.5) is 0 Å². The van der Waals surface area contributed by atoms with Crippen molar-refractivity contribution in [2.45, 2.75) is 34.1 Å². The summed E-state index contributed by atoms with van der Waals surface area (Å²) in [5.41, 5.74) is 8.32. The molecule has 0 saturated heterocycles. The molecule has 0 saturated carbocycles. The Morgan fingerprint density at radius 3 is 2.38 bits per heavy atom. The molecule has 1 aromatic heterocycles. The molecule has 0 radical (unpaired) electrons. The van der Waals surface area contributed by atoms with Gasteiger partial charge in [-0.15, -0.1) is 0 Å². The van der Waals surface area contributed by atoms with Crippen LogP contribution >= 0.6 is 15.9 Å². The molecule has 1 atom stereocenters. The maximum Gasteiger partial charge on any atom is 0.0738 e. The summed E-state index contributed by atoms with van der Waals surface area (Å²) >= 11 is 3.61. The van der Waals surface area contributed by atoms with Gasteiger partial charge in [-0.05, 0) is 47.2 Å². The molecule has 4 heteroatoms. The van der Waals surface area contributed by atoms with Gasteiger partial charge in [0, 0.05) is 7.05 Å². The van der Waals surface area contributed by atoms with Crippen LogP contribution < -0.4 is 5.73 Å². The third-order valence-corrected chi connectivity index (χ3v) is 4.72. The van der Waals surface area contributed by atoms with Crippen LogP contribution in [0.15, 0.2) is 4.47 Å². The number of aryl methyl sites for hydroxylation is 2. The summed E-state index contributed by atoms with van der Waals surface area (Å²) in [5, 5.41) is 4.42. The minimum absolute atomic E-state index is 0.128. The first-order valence-electron chi connectivity index (χ1n) is 5.70. The van der Waals surface area contributed by atoms with E-state index in [1.54, 1.807) is 0 Å². The fraction of sp³-hybridized carbons (Fsp3) is 0.750. The number of rotatable bonds is 4. The second-order valence-corrected chi connectivity index (χ2v) is 5.95. The lowest BCUT2D eigenvalue weighted by Gasteiger charge is -2.32. The summed E-state index contributed by atoms with van der Waals surface area (Å²) in [6, 6.07) is 0. The van der Waals surface area contributed by atoms with Crippen molar-refractivity contribution >= 4 is 15.9 Å². The topological polar surface area (TPSA) is 43.8 Å². The molecular weight excluding hydrogens is 266 g/mol. The lowest BCUT2D eigenvalue weighted by molar-refractivity contribution is 0.222. The SMILES string of the molecule is Cc1nn(C)c(CC(C)(CN)C(C)C)c1Br. The highest BCUT2D eigenvalue weighted by atomic mass is 79.9. The van der Waals surface area contributed by atoms with Crippen molar-refractivity contribution in [3.05, 3.63) is 15.9 Å². The zero-order valence-electron chi connectivity index (χ0n) is 10.8. The summed E-state index contributed by atoms with van der Waals surface area (Å²) in [7, 11) is 1.99.